The van der Waals surface area contributed by atoms with Gasteiger partial charge < -0.3 is 9.84 Å². The number of aryl methyl sites for hydroxylation is 2. The maximum atomic E-state index is 9.63. The number of rotatable bonds is 6. The molecule has 5 nitrogen and oxygen atoms in total. The Morgan fingerprint density at radius 1 is 1.38 bits per heavy atom. The molecule has 3 rings (SSSR count). The number of H-pyrrole nitrogens is 1. The van der Waals surface area contributed by atoms with Crippen molar-refractivity contribution in [1.29, 1.82) is 0 Å². The summed E-state index contributed by atoms with van der Waals surface area (Å²) in [7, 11) is 1.58. The number of hydrogen-bond donors (Lipinski definition) is 2. The molecular formula is C15H19N3O2S. The topological polar surface area (TPSA) is 71.0 Å². The molecule has 1 atom stereocenters. The predicted octanol–water partition coefficient (Wildman–Crippen LogP) is 2.06. The normalized spacial score (nSPS) is 15.1. The highest BCUT2D eigenvalue weighted by atomic mass is 32.2. The smallest absolute Gasteiger partial charge is 0.208 e. The van der Waals surface area contributed by atoms with Gasteiger partial charge >= 0.3 is 0 Å². The molecule has 0 amide bonds. The number of hydrogen-bond acceptors (Lipinski definition) is 5. The molecular weight excluding hydrogens is 286 g/mol. The van der Waals surface area contributed by atoms with Gasteiger partial charge in [0.05, 0.1) is 12.7 Å². The van der Waals surface area contributed by atoms with Gasteiger partial charge in [-0.05, 0) is 36.5 Å². The van der Waals surface area contributed by atoms with Gasteiger partial charge in [0, 0.05) is 18.4 Å². The van der Waals surface area contributed by atoms with Crippen LogP contribution in [-0.2, 0) is 17.6 Å². The van der Waals surface area contributed by atoms with Crippen molar-refractivity contribution in [2.24, 2.45) is 0 Å². The number of fused-ring (bicyclic) bond motifs is 1. The van der Waals surface area contributed by atoms with Crippen LogP contribution in [0.15, 0.2) is 23.4 Å². The average molecular weight is 305 g/mol. The zero-order valence-corrected chi connectivity index (χ0v) is 12.8. The molecule has 0 fully saturated rings. The highest BCUT2D eigenvalue weighted by Crippen LogP contribution is 2.27. The van der Waals surface area contributed by atoms with E-state index in [4.69, 9.17) is 4.74 Å². The molecule has 1 aliphatic rings. The summed E-state index contributed by atoms with van der Waals surface area (Å²) in [6.45, 7) is 0.328. The monoisotopic (exact) mass is 305 g/mol. The molecule has 6 heteroatoms. The van der Waals surface area contributed by atoms with E-state index in [0.29, 0.717) is 17.5 Å². The lowest BCUT2D eigenvalue weighted by Crippen LogP contribution is -2.16. The van der Waals surface area contributed by atoms with E-state index < -0.39 is 6.10 Å². The van der Waals surface area contributed by atoms with Gasteiger partial charge in [-0.25, -0.2) is 4.98 Å². The lowest BCUT2D eigenvalue weighted by atomic mass is 10.1. The van der Waals surface area contributed by atoms with Gasteiger partial charge in [-0.2, -0.15) is 0 Å². The van der Waals surface area contributed by atoms with Crippen LogP contribution in [0.1, 0.15) is 17.5 Å². The van der Waals surface area contributed by atoms with E-state index in [1.165, 1.54) is 35.7 Å². The Morgan fingerprint density at radius 2 is 2.24 bits per heavy atom. The Balaban J connectivity index is 1.67. The quantitative estimate of drug-likeness (QED) is 0.799. The average Bonchev–Trinajstić information content (AvgIpc) is 3.13. The third-order valence-corrected chi connectivity index (χ3v) is 4.59. The van der Waals surface area contributed by atoms with E-state index in [0.717, 1.165) is 17.8 Å². The molecule has 0 spiro atoms. The third-order valence-electron chi connectivity index (χ3n) is 3.60. The van der Waals surface area contributed by atoms with Crippen molar-refractivity contribution >= 4 is 11.8 Å². The molecule has 21 heavy (non-hydrogen) atoms. The molecule has 1 aromatic heterocycles. The van der Waals surface area contributed by atoms with Crippen LogP contribution in [0, 0.1) is 0 Å². The summed E-state index contributed by atoms with van der Waals surface area (Å²) in [5.74, 6) is 1.31. The minimum absolute atomic E-state index is 0.328. The fourth-order valence-corrected chi connectivity index (χ4v) is 3.27. The number of aromatic amines is 1. The van der Waals surface area contributed by atoms with E-state index in [9.17, 15) is 5.11 Å². The summed E-state index contributed by atoms with van der Waals surface area (Å²) < 4.78 is 4.90. The zero-order valence-electron chi connectivity index (χ0n) is 12.0. The first-order valence-electron chi connectivity index (χ1n) is 7.10. The molecule has 0 saturated carbocycles. The number of ether oxygens (including phenoxy) is 1. The van der Waals surface area contributed by atoms with Gasteiger partial charge in [-0.15, -0.1) is 5.10 Å². The Labute approximate surface area is 128 Å². The molecule has 0 unspecified atom stereocenters. The van der Waals surface area contributed by atoms with Crippen LogP contribution >= 0.6 is 11.8 Å². The molecule has 0 bridgehead atoms. The number of aromatic nitrogens is 3. The van der Waals surface area contributed by atoms with Gasteiger partial charge in [-0.1, -0.05) is 23.9 Å². The zero-order chi connectivity index (χ0) is 14.7. The molecule has 0 radical (unpaired) electrons. The molecule has 0 saturated heterocycles. The second-order valence-corrected chi connectivity index (χ2v) is 6.21. The summed E-state index contributed by atoms with van der Waals surface area (Å²) in [6.07, 6.45) is 3.09. The van der Waals surface area contributed by atoms with E-state index in [-0.39, 0.29) is 0 Å². The van der Waals surface area contributed by atoms with Crippen molar-refractivity contribution < 1.29 is 9.84 Å². The van der Waals surface area contributed by atoms with Crippen molar-refractivity contribution in [2.45, 2.75) is 30.5 Å². The van der Waals surface area contributed by atoms with E-state index >= 15 is 0 Å². The Hall–Kier alpha value is -1.37. The second-order valence-electron chi connectivity index (χ2n) is 5.22. The predicted molar refractivity (Wildman–Crippen MR) is 82.5 cm³/mol. The molecule has 112 valence electrons. The minimum atomic E-state index is -0.498. The molecule has 1 aliphatic carbocycles. The van der Waals surface area contributed by atoms with Crippen LogP contribution in [-0.4, -0.2) is 45.9 Å². The standard InChI is InChI=1S/C15H19N3O2S/c1-20-8-13(19)9-21-15-16-14(17-18-15)12-6-5-10-3-2-4-11(10)7-12/h5-7,13,19H,2-4,8-9H2,1H3,(H,16,17,18)/t13-/m1/s1. The summed E-state index contributed by atoms with van der Waals surface area (Å²) in [6, 6.07) is 6.49. The lowest BCUT2D eigenvalue weighted by Gasteiger charge is -2.06. The summed E-state index contributed by atoms with van der Waals surface area (Å²) >= 11 is 1.43. The van der Waals surface area contributed by atoms with Crippen molar-refractivity contribution in [2.75, 3.05) is 19.5 Å². The Morgan fingerprint density at radius 3 is 3.10 bits per heavy atom. The van der Waals surface area contributed by atoms with Crippen LogP contribution in [0.4, 0.5) is 0 Å². The fourth-order valence-electron chi connectivity index (χ4n) is 2.57. The summed E-state index contributed by atoms with van der Waals surface area (Å²) in [4.78, 5) is 4.48. The number of methoxy groups -OCH3 is 1. The van der Waals surface area contributed by atoms with Gasteiger partial charge in [0.1, 0.15) is 0 Å². The summed E-state index contributed by atoms with van der Waals surface area (Å²) in [5.41, 5.74) is 3.96. The number of benzene rings is 1. The third kappa shape index (κ3) is 3.45. The van der Waals surface area contributed by atoms with E-state index in [1.807, 2.05) is 0 Å². The fraction of sp³-hybridized carbons (Fsp3) is 0.467. The van der Waals surface area contributed by atoms with Crippen molar-refractivity contribution in [3.05, 3.63) is 29.3 Å². The minimum Gasteiger partial charge on any atom is -0.390 e. The largest absolute Gasteiger partial charge is 0.390 e. The molecule has 0 aliphatic heterocycles. The van der Waals surface area contributed by atoms with Crippen LogP contribution in [0.5, 0.6) is 0 Å². The van der Waals surface area contributed by atoms with E-state index in [2.05, 4.69) is 33.4 Å². The van der Waals surface area contributed by atoms with Crippen molar-refractivity contribution in [1.82, 2.24) is 15.2 Å². The Bertz CT molecular complexity index is 615. The van der Waals surface area contributed by atoms with Crippen LogP contribution < -0.4 is 0 Å². The number of nitrogens with zero attached hydrogens (tertiary/aromatic N) is 2. The maximum absolute atomic E-state index is 9.63. The van der Waals surface area contributed by atoms with Gasteiger partial charge in [0.15, 0.2) is 5.82 Å². The summed E-state index contributed by atoms with van der Waals surface area (Å²) in [5, 5.41) is 17.4. The van der Waals surface area contributed by atoms with E-state index in [1.54, 1.807) is 7.11 Å². The van der Waals surface area contributed by atoms with Crippen LogP contribution in [0.3, 0.4) is 0 Å². The highest BCUT2D eigenvalue weighted by Gasteiger charge is 2.14. The first-order chi connectivity index (χ1) is 10.3. The Kier molecular flexibility index (Phi) is 4.57. The first-order valence-corrected chi connectivity index (χ1v) is 8.09. The lowest BCUT2D eigenvalue weighted by molar-refractivity contribution is 0.0794. The first kappa shape index (κ1) is 14.6. The van der Waals surface area contributed by atoms with Crippen molar-refractivity contribution in [3.63, 3.8) is 0 Å². The second kappa shape index (κ2) is 6.60. The number of nitrogens with one attached hydrogen (secondary N) is 1. The molecule has 1 aromatic carbocycles. The van der Waals surface area contributed by atoms with Crippen molar-refractivity contribution in [3.8, 4) is 11.4 Å². The highest BCUT2D eigenvalue weighted by molar-refractivity contribution is 7.99. The molecule has 2 aromatic rings. The SMILES string of the molecule is COC[C@@H](O)CSc1n[nH]c(-c2ccc3c(c2)CCC3)n1. The number of thioether (sulfide) groups is 1. The number of aliphatic hydroxyl groups excluding tert-OH is 1. The maximum Gasteiger partial charge on any atom is 0.208 e. The van der Waals surface area contributed by atoms with Crippen LogP contribution in [0.2, 0.25) is 0 Å². The van der Waals surface area contributed by atoms with Crippen LogP contribution in [0.25, 0.3) is 11.4 Å². The molecule has 2 N–H and O–H groups in total. The number of aliphatic hydroxyl groups is 1. The van der Waals surface area contributed by atoms with Gasteiger partial charge in [0.25, 0.3) is 0 Å². The van der Waals surface area contributed by atoms with Gasteiger partial charge in [-0.3, -0.25) is 5.10 Å². The van der Waals surface area contributed by atoms with Gasteiger partial charge in [0.2, 0.25) is 5.16 Å². The molecule has 1 heterocycles.